The maximum atomic E-state index is 12.7. The third-order valence-corrected chi connectivity index (χ3v) is 4.67. The molecule has 0 aliphatic heterocycles. The third kappa shape index (κ3) is 3.78. The average Bonchev–Trinajstić information content (AvgIpc) is 2.97. The first-order valence-electron chi connectivity index (χ1n) is 7.24. The fourth-order valence-electron chi connectivity index (χ4n) is 2.27. The molecule has 0 N–H and O–H groups in total. The van der Waals surface area contributed by atoms with E-state index in [9.17, 15) is 18.0 Å². The number of benzene rings is 1. The van der Waals surface area contributed by atoms with Crippen LogP contribution in [-0.4, -0.2) is 25.8 Å². The molecule has 0 bridgehead atoms. The van der Waals surface area contributed by atoms with Gasteiger partial charge >= 0.3 is 6.18 Å². The molecule has 0 fully saturated rings. The molecule has 11 heteroatoms. The molecule has 1 aromatic carbocycles. The Morgan fingerprint density at radius 2 is 1.74 bits per heavy atom. The first-order valence-corrected chi connectivity index (χ1v) is 8.38. The largest absolute Gasteiger partial charge is 0.417 e. The van der Waals surface area contributed by atoms with E-state index in [4.69, 9.17) is 34.8 Å². The van der Waals surface area contributed by atoms with Gasteiger partial charge in [-0.3, -0.25) is 9.78 Å². The van der Waals surface area contributed by atoms with Crippen molar-refractivity contribution in [2.75, 3.05) is 0 Å². The van der Waals surface area contributed by atoms with Gasteiger partial charge in [-0.15, -0.1) is 5.10 Å². The highest BCUT2D eigenvalue weighted by Gasteiger charge is 2.32. The second-order valence-corrected chi connectivity index (χ2v) is 6.64. The minimum Gasteiger partial charge on any atom is -0.285 e. The predicted octanol–water partition coefficient (Wildman–Crippen LogP) is 5.18. The number of ketones is 1. The highest BCUT2D eigenvalue weighted by molar-refractivity contribution is 6.42. The van der Waals surface area contributed by atoms with Crippen LogP contribution in [0.1, 0.15) is 27.4 Å². The standard InChI is InChI=1S/C16H8Cl3F3N4O/c1-7-13(24-25-26(7)9-2-3-10(17)11(18)5-9)15(27)14-12(19)4-8(6-23-14)16(20,21)22/h2-6H,1H3. The monoisotopic (exact) mass is 434 g/mol. The number of carbonyl (C=O) groups excluding carboxylic acids is 1. The number of rotatable bonds is 3. The molecule has 2 heterocycles. The summed E-state index contributed by atoms with van der Waals surface area (Å²) in [5.41, 5.74) is -0.680. The molecule has 0 spiro atoms. The SMILES string of the molecule is Cc1c(C(=O)c2ncc(C(F)(F)F)cc2Cl)nnn1-c1ccc(Cl)c(Cl)c1. The maximum absolute atomic E-state index is 12.7. The number of aromatic nitrogens is 4. The summed E-state index contributed by atoms with van der Waals surface area (Å²) in [7, 11) is 0. The second kappa shape index (κ2) is 7.10. The van der Waals surface area contributed by atoms with Gasteiger partial charge in [0.15, 0.2) is 5.69 Å². The Morgan fingerprint density at radius 3 is 2.33 bits per heavy atom. The number of hydrogen-bond donors (Lipinski definition) is 0. The lowest BCUT2D eigenvalue weighted by Gasteiger charge is -2.08. The Kier molecular flexibility index (Phi) is 5.16. The van der Waals surface area contributed by atoms with E-state index < -0.39 is 22.5 Å². The molecule has 0 radical (unpaired) electrons. The minimum atomic E-state index is -4.62. The smallest absolute Gasteiger partial charge is 0.285 e. The highest BCUT2D eigenvalue weighted by atomic mass is 35.5. The number of carbonyl (C=O) groups is 1. The van der Waals surface area contributed by atoms with Crippen LogP contribution in [0.4, 0.5) is 13.2 Å². The van der Waals surface area contributed by atoms with E-state index in [1.165, 1.54) is 10.7 Å². The Labute approximate surface area is 165 Å². The molecule has 140 valence electrons. The minimum absolute atomic E-state index is 0.102. The zero-order valence-electron chi connectivity index (χ0n) is 13.4. The average molecular weight is 436 g/mol. The van der Waals surface area contributed by atoms with Gasteiger partial charge in [-0.05, 0) is 31.2 Å². The van der Waals surface area contributed by atoms with E-state index in [1.54, 1.807) is 19.1 Å². The first kappa shape index (κ1) is 19.6. The van der Waals surface area contributed by atoms with Crippen LogP contribution in [0.3, 0.4) is 0 Å². The van der Waals surface area contributed by atoms with Gasteiger partial charge in [0.1, 0.15) is 5.69 Å². The summed E-state index contributed by atoms with van der Waals surface area (Å²) in [6.45, 7) is 1.56. The summed E-state index contributed by atoms with van der Waals surface area (Å²) < 4.78 is 39.5. The van der Waals surface area contributed by atoms with E-state index in [0.29, 0.717) is 28.7 Å². The van der Waals surface area contributed by atoms with Gasteiger partial charge in [0.2, 0.25) is 5.78 Å². The summed E-state index contributed by atoms with van der Waals surface area (Å²) in [6.07, 6.45) is -4.08. The molecular weight excluding hydrogens is 428 g/mol. The van der Waals surface area contributed by atoms with Crippen molar-refractivity contribution in [3.8, 4) is 5.69 Å². The molecule has 2 aromatic heterocycles. The van der Waals surface area contributed by atoms with Crippen LogP contribution in [0.25, 0.3) is 5.69 Å². The predicted molar refractivity (Wildman–Crippen MR) is 93.8 cm³/mol. The van der Waals surface area contributed by atoms with Crippen molar-refractivity contribution in [1.29, 1.82) is 0 Å². The van der Waals surface area contributed by atoms with Gasteiger partial charge < -0.3 is 0 Å². The summed E-state index contributed by atoms with van der Waals surface area (Å²) in [4.78, 5) is 16.2. The van der Waals surface area contributed by atoms with E-state index in [1.807, 2.05) is 0 Å². The lowest BCUT2D eigenvalue weighted by Crippen LogP contribution is -2.11. The van der Waals surface area contributed by atoms with Gasteiger partial charge in [-0.2, -0.15) is 13.2 Å². The van der Waals surface area contributed by atoms with E-state index >= 15 is 0 Å². The molecule has 27 heavy (non-hydrogen) atoms. The zero-order chi connectivity index (χ0) is 19.9. The van der Waals surface area contributed by atoms with Crippen molar-refractivity contribution in [2.45, 2.75) is 13.1 Å². The summed E-state index contributed by atoms with van der Waals surface area (Å²) in [6, 6.07) is 5.34. The normalized spacial score (nSPS) is 11.7. The van der Waals surface area contributed by atoms with E-state index in [2.05, 4.69) is 15.3 Å². The summed E-state index contributed by atoms with van der Waals surface area (Å²) in [5.74, 6) is -0.752. The van der Waals surface area contributed by atoms with Gasteiger partial charge in [0, 0.05) is 6.20 Å². The molecule has 0 aliphatic rings. The number of hydrogen-bond acceptors (Lipinski definition) is 4. The van der Waals surface area contributed by atoms with Crippen molar-refractivity contribution < 1.29 is 18.0 Å². The number of pyridine rings is 1. The molecule has 0 amide bonds. The van der Waals surface area contributed by atoms with Gasteiger partial charge in [0.05, 0.1) is 32.0 Å². The third-order valence-electron chi connectivity index (χ3n) is 3.64. The quantitative estimate of drug-likeness (QED) is 0.532. The lowest BCUT2D eigenvalue weighted by atomic mass is 10.1. The van der Waals surface area contributed by atoms with Gasteiger partial charge in [-0.1, -0.05) is 40.0 Å². The van der Waals surface area contributed by atoms with Crippen LogP contribution in [-0.2, 0) is 6.18 Å². The van der Waals surface area contributed by atoms with Crippen LogP contribution in [0, 0.1) is 6.92 Å². The Bertz CT molecular complexity index is 1050. The van der Waals surface area contributed by atoms with E-state index in [0.717, 1.165) is 0 Å². The maximum Gasteiger partial charge on any atom is 0.417 e. The van der Waals surface area contributed by atoms with Crippen LogP contribution >= 0.6 is 34.8 Å². The van der Waals surface area contributed by atoms with Gasteiger partial charge in [0.25, 0.3) is 0 Å². The zero-order valence-corrected chi connectivity index (χ0v) is 15.6. The first-order chi connectivity index (χ1) is 12.6. The fraction of sp³-hybridized carbons (Fsp3) is 0.125. The fourth-order valence-corrected chi connectivity index (χ4v) is 2.82. The Balaban J connectivity index is 1.99. The van der Waals surface area contributed by atoms with Crippen LogP contribution in [0.15, 0.2) is 30.5 Å². The molecule has 0 unspecified atom stereocenters. The highest BCUT2D eigenvalue weighted by Crippen LogP contribution is 2.32. The molecule has 3 rings (SSSR count). The van der Waals surface area contributed by atoms with E-state index in [-0.39, 0.29) is 16.4 Å². The molecule has 3 aromatic rings. The molecular formula is C16H8Cl3F3N4O. The summed E-state index contributed by atoms with van der Waals surface area (Å²) >= 11 is 17.7. The number of alkyl halides is 3. The molecule has 0 saturated heterocycles. The second-order valence-electron chi connectivity index (χ2n) is 5.41. The molecule has 0 atom stereocenters. The number of nitrogens with zero attached hydrogens (tertiary/aromatic N) is 4. The number of halogens is 6. The molecule has 0 saturated carbocycles. The Hall–Kier alpha value is -2.16. The van der Waals surface area contributed by atoms with Crippen molar-refractivity contribution in [3.05, 3.63) is 68.2 Å². The van der Waals surface area contributed by atoms with Crippen LogP contribution in [0.5, 0.6) is 0 Å². The molecule has 5 nitrogen and oxygen atoms in total. The van der Waals surface area contributed by atoms with Crippen molar-refractivity contribution in [1.82, 2.24) is 20.0 Å². The topological polar surface area (TPSA) is 60.7 Å². The molecule has 0 aliphatic carbocycles. The van der Waals surface area contributed by atoms with Gasteiger partial charge in [-0.25, -0.2) is 4.68 Å². The van der Waals surface area contributed by atoms with Crippen LogP contribution in [0.2, 0.25) is 15.1 Å². The van der Waals surface area contributed by atoms with Crippen molar-refractivity contribution in [2.24, 2.45) is 0 Å². The Morgan fingerprint density at radius 1 is 1.04 bits per heavy atom. The van der Waals surface area contributed by atoms with Crippen molar-refractivity contribution >= 4 is 40.6 Å². The lowest BCUT2D eigenvalue weighted by molar-refractivity contribution is -0.137. The van der Waals surface area contributed by atoms with Crippen molar-refractivity contribution in [3.63, 3.8) is 0 Å². The summed E-state index contributed by atoms with van der Waals surface area (Å²) in [5, 5.41) is 7.87. The van der Waals surface area contributed by atoms with Crippen LogP contribution < -0.4 is 0 Å².